The normalized spacial score (nSPS) is 17.0. The van der Waals surface area contributed by atoms with Crippen molar-refractivity contribution in [1.29, 1.82) is 0 Å². The fourth-order valence-corrected chi connectivity index (χ4v) is 3.47. The number of ether oxygens (including phenoxy) is 1. The number of amides is 1. The van der Waals surface area contributed by atoms with E-state index in [0.717, 1.165) is 55.7 Å². The van der Waals surface area contributed by atoms with Crippen molar-refractivity contribution in [1.82, 2.24) is 15.1 Å². The monoisotopic (exact) mass is 369 g/mol. The molecule has 1 fully saturated rings. The smallest absolute Gasteiger partial charge is 0.261 e. The average Bonchev–Trinajstić information content (AvgIpc) is 2.70. The summed E-state index contributed by atoms with van der Waals surface area (Å²) in [7, 11) is 2.17. The number of carbonyl (C=O) groups is 1. The van der Waals surface area contributed by atoms with E-state index < -0.39 is 6.10 Å². The molecule has 0 aromatic heterocycles. The molecule has 3 rings (SSSR count). The summed E-state index contributed by atoms with van der Waals surface area (Å²) >= 11 is 0. The Balaban J connectivity index is 1.47. The summed E-state index contributed by atoms with van der Waals surface area (Å²) in [6, 6.07) is 14.1. The van der Waals surface area contributed by atoms with Crippen LogP contribution in [0.4, 0.5) is 0 Å². The van der Waals surface area contributed by atoms with Crippen LogP contribution in [0.3, 0.4) is 0 Å². The summed E-state index contributed by atoms with van der Waals surface area (Å²) in [6.07, 6.45) is 1.16. The van der Waals surface area contributed by atoms with E-state index in [2.05, 4.69) is 34.3 Å². The van der Waals surface area contributed by atoms with Gasteiger partial charge in [-0.2, -0.15) is 0 Å². The van der Waals surface area contributed by atoms with Crippen LogP contribution < -0.4 is 10.1 Å². The van der Waals surface area contributed by atoms with Crippen LogP contribution in [0.1, 0.15) is 19.8 Å². The van der Waals surface area contributed by atoms with Gasteiger partial charge in [0.05, 0.1) is 0 Å². The van der Waals surface area contributed by atoms with Crippen molar-refractivity contribution in [2.24, 2.45) is 0 Å². The first-order valence-corrected chi connectivity index (χ1v) is 10.0. The summed E-state index contributed by atoms with van der Waals surface area (Å²) in [6.45, 7) is 8.21. The van der Waals surface area contributed by atoms with Crippen LogP contribution in [0.2, 0.25) is 0 Å². The zero-order chi connectivity index (χ0) is 19.1. The van der Waals surface area contributed by atoms with Gasteiger partial charge in [-0.25, -0.2) is 0 Å². The molecule has 146 valence electrons. The van der Waals surface area contributed by atoms with E-state index in [1.54, 1.807) is 0 Å². The van der Waals surface area contributed by atoms with E-state index in [1.165, 1.54) is 0 Å². The second-order valence-corrected chi connectivity index (χ2v) is 7.28. The maximum absolute atomic E-state index is 12.6. The Morgan fingerprint density at radius 3 is 2.63 bits per heavy atom. The number of likely N-dealkylation sites (N-methyl/N-ethyl adjacent to an activating group) is 1. The minimum atomic E-state index is -0.459. The van der Waals surface area contributed by atoms with Gasteiger partial charge in [0.25, 0.3) is 5.91 Å². The Morgan fingerprint density at radius 2 is 1.85 bits per heavy atom. The molecule has 1 unspecified atom stereocenters. The molecule has 1 N–H and O–H groups in total. The average molecular weight is 370 g/mol. The van der Waals surface area contributed by atoms with E-state index >= 15 is 0 Å². The van der Waals surface area contributed by atoms with Crippen molar-refractivity contribution in [2.45, 2.75) is 25.9 Å². The van der Waals surface area contributed by atoms with Crippen molar-refractivity contribution in [2.75, 3.05) is 46.3 Å². The Hall–Kier alpha value is -2.11. The molecule has 2 aromatic carbocycles. The Labute approximate surface area is 162 Å². The minimum absolute atomic E-state index is 0.0242. The van der Waals surface area contributed by atoms with Gasteiger partial charge in [-0.15, -0.1) is 0 Å². The Kier molecular flexibility index (Phi) is 7.07. The zero-order valence-electron chi connectivity index (χ0n) is 16.5. The van der Waals surface area contributed by atoms with Gasteiger partial charge in [-0.05, 0) is 37.9 Å². The fourth-order valence-electron chi connectivity index (χ4n) is 3.47. The molecular formula is C22H31N3O2. The van der Waals surface area contributed by atoms with Crippen LogP contribution in [0.5, 0.6) is 5.75 Å². The molecule has 0 saturated carbocycles. The SMILES string of the molecule is CCC(Oc1cccc2ccccc12)C(=O)NCCCN1CCN(C)CC1. The fraction of sp³-hybridized carbons (Fsp3) is 0.500. The van der Waals surface area contributed by atoms with Crippen LogP contribution in [-0.4, -0.2) is 68.1 Å². The highest BCUT2D eigenvalue weighted by atomic mass is 16.5. The van der Waals surface area contributed by atoms with Crippen LogP contribution in [0.15, 0.2) is 42.5 Å². The van der Waals surface area contributed by atoms with E-state index in [-0.39, 0.29) is 5.91 Å². The van der Waals surface area contributed by atoms with Crippen LogP contribution in [0.25, 0.3) is 10.8 Å². The standard InChI is InChI=1S/C22H31N3O2/c1-3-20(27-21-11-6-9-18-8-4-5-10-19(18)21)22(26)23-12-7-13-25-16-14-24(2)15-17-25/h4-6,8-11,20H,3,7,12-17H2,1-2H3,(H,23,26). The summed E-state index contributed by atoms with van der Waals surface area (Å²) < 4.78 is 6.07. The van der Waals surface area contributed by atoms with Crippen LogP contribution in [0, 0.1) is 0 Å². The van der Waals surface area contributed by atoms with Crippen molar-refractivity contribution in [3.63, 3.8) is 0 Å². The quantitative estimate of drug-likeness (QED) is 0.727. The number of benzene rings is 2. The molecule has 0 aliphatic carbocycles. The predicted octanol–water partition coefficient (Wildman–Crippen LogP) is 2.75. The topological polar surface area (TPSA) is 44.8 Å². The molecule has 1 saturated heterocycles. The summed E-state index contributed by atoms with van der Waals surface area (Å²) in [5, 5.41) is 5.21. The number of nitrogens with one attached hydrogen (secondary N) is 1. The molecule has 5 heteroatoms. The predicted molar refractivity (Wildman–Crippen MR) is 110 cm³/mol. The van der Waals surface area contributed by atoms with E-state index in [9.17, 15) is 4.79 Å². The molecule has 1 atom stereocenters. The number of carbonyl (C=O) groups excluding carboxylic acids is 1. The molecule has 1 heterocycles. The third-order valence-corrected chi connectivity index (χ3v) is 5.23. The third-order valence-electron chi connectivity index (χ3n) is 5.23. The molecule has 1 amide bonds. The van der Waals surface area contributed by atoms with E-state index in [1.807, 2.05) is 37.3 Å². The minimum Gasteiger partial charge on any atom is -0.480 e. The van der Waals surface area contributed by atoms with Gasteiger partial charge in [0.15, 0.2) is 6.10 Å². The lowest BCUT2D eigenvalue weighted by Gasteiger charge is -2.32. The second kappa shape index (κ2) is 9.72. The molecule has 0 radical (unpaired) electrons. The first kappa shape index (κ1) is 19.6. The summed E-state index contributed by atoms with van der Waals surface area (Å²) in [5.74, 6) is 0.747. The van der Waals surface area contributed by atoms with Gasteiger partial charge < -0.3 is 19.9 Å². The van der Waals surface area contributed by atoms with Gasteiger partial charge in [0, 0.05) is 38.1 Å². The van der Waals surface area contributed by atoms with Gasteiger partial charge in [0.1, 0.15) is 5.75 Å². The van der Waals surface area contributed by atoms with Gasteiger partial charge in [-0.1, -0.05) is 43.3 Å². The maximum Gasteiger partial charge on any atom is 0.261 e. The van der Waals surface area contributed by atoms with Crippen LogP contribution >= 0.6 is 0 Å². The molecule has 0 bridgehead atoms. The number of piperazine rings is 1. The third kappa shape index (κ3) is 5.44. The molecule has 0 spiro atoms. The van der Waals surface area contributed by atoms with Crippen molar-refractivity contribution < 1.29 is 9.53 Å². The zero-order valence-corrected chi connectivity index (χ0v) is 16.5. The number of rotatable bonds is 8. The maximum atomic E-state index is 12.6. The second-order valence-electron chi connectivity index (χ2n) is 7.28. The Bertz CT molecular complexity index is 736. The van der Waals surface area contributed by atoms with Crippen molar-refractivity contribution >= 4 is 16.7 Å². The lowest BCUT2D eigenvalue weighted by Crippen LogP contribution is -2.45. The lowest BCUT2D eigenvalue weighted by molar-refractivity contribution is -0.128. The summed E-state index contributed by atoms with van der Waals surface area (Å²) in [4.78, 5) is 17.4. The first-order valence-electron chi connectivity index (χ1n) is 10.0. The number of fused-ring (bicyclic) bond motifs is 1. The van der Waals surface area contributed by atoms with E-state index in [0.29, 0.717) is 13.0 Å². The first-order chi connectivity index (χ1) is 13.2. The molecule has 2 aromatic rings. The highest BCUT2D eigenvalue weighted by molar-refractivity contribution is 5.89. The van der Waals surface area contributed by atoms with Crippen LogP contribution in [-0.2, 0) is 4.79 Å². The van der Waals surface area contributed by atoms with Gasteiger partial charge >= 0.3 is 0 Å². The van der Waals surface area contributed by atoms with Gasteiger partial charge in [-0.3, -0.25) is 4.79 Å². The van der Waals surface area contributed by atoms with Crippen molar-refractivity contribution in [3.8, 4) is 5.75 Å². The number of hydrogen-bond acceptors (Lipinski definition) is 4. The van der Waals surface area contributed by atoms with Gasteiger partial charge in [0.2, 0.25) is 0 Å². The number of nitrogens with zero attached hydrogens (tertiary/aromatic N) is 2. The molecule has 1 aliphatic heterocycles. The highest BCUT2D eigenvalue weighted by Crippen LogP contribution is 2.26. The Morgan fingerprint density at radius 1 is 1.11 bits per heavy atom. The largest absolute Gasteiger partial charge is 0.480 e. The highest BCUT2D eigenvalue weighted by Gasteiger charge is 2.19. The molecule has 1 aliphatic rings. The van der Waals surface area contributed by atoms with Crippen molar-refractivity contribution in [3.05, 3.63) is 42.5 Å². The number of hydrogen-bond donors (Lipinski definition) is 1. The molecule has 5 nitrogen and oxygen atoms in total. The summed E-state index contributed by atoms with van der Waals surface area (Å²) in [5.41, 5.74) is 0. The lowest BCUT2D eigenvalue weighted by atomic mass is 10.1. The van der Waals surface area contributed by atoms with E-state index in [4.69, 9.17) is 4.74 Å². The molecular weight excluding hydrogens is 338 g/mol. The molecule has 27 heavy (non-hydrogen) atoms.